The molecule has 0 saturated carbocycles. The molecule has 0 fully saturated rings. The Morgan fingerprint density at radius 3 is 1.54 bits per heavy atom. The van der Waals surface area contributed by atoms with E-state index in [1.807, 2.05) is 0 Å². The maximum absolute atomic E-state index is 2.44. The van der Waals surface area contributed by atoms with E-state index in [2.05, 4.69) is 276 Å². The zero-order chi connectivity index (χ0) is 45.0. The molecule has 2 heteroatoms. The molecule has 0 aliphatic carbocycles. The van der Waals surface area contributed by atoms with Gasteiger partial charge in [0.25, 0.3) is 0 Å². The molecule has 2 nitrogen and oxygen atoms in total. The highest BCUT2D eigenvalue weighted by Crippen LogP contribution is 2.48. The maximum atomic E-state index is 2.44. The first-order valence-corrected chi connectivity index (χ1v) is 23.4. The summed E-state index contributed by atoms with van der Waals surface area (Å²) < 4.78 is 2.43. The highest BCUT2D eigenvalue weighted by Gasteiger charge is 2.22. The Bertz CT molecular complexity index is 4000. The molecule has 0 unspecified atom stereocenters. The lowest BCUT2D eigenvalue weighted by Gasteiger charge is -2.28. The second-order valence-electron chi connectivity index (χ2n) is 17.6. The summed E-state index contributed by atoms with van der Waals surface area (Å²) in [4.78, 5) is 2.44. The van der Waals surface area contributed by atoms with E-state index in [0.717, 1.165) is 28.3 Å². The molecule has 0 saturated heterocycles. The summed E-state index contributed by atoms with van der Waals surface area (Å²) in [5.74, 6) is 0. The predicted octanol–water partition coefficient (Wildman–Crippen LogP) is 18.4. The van der Waals surface area contributed by atoms with Crippen LogP contribution in [0.4, 0.5) is 17.1 Å². The Morgan fingerprint density at radius 1 is 0.265 bits per heavy atom. The second kappa shape index (κ2) is 16.5. The SMILES string of the molecule is c1ccc(-c2c(-c3ccccc3)c3cc(N(c4ccc(-c5cccc6ccccc56)cc4)c4cccc(-c5cccc6c7ccccc7n(-c7ccccc7)c56)c4)ccc3c3ccccc23)cc1. The van der Waals surface area contributed by atoms with Crippen LogP contribution in [0.3, 0.4) is 0 Å². The van der Waals surface area contributed by atoms with Gasteiger partial charge in [0, 0.05) is 39.1 Å². The van der Waals surface area contributed by atoms with Crippen molar-refractivity contribution in [2.75, 3.05) is 4.90 Å². The van der Waals surface area contributed by atoms with Crippen molar-refractivity contribution >= 4 is 71.2 Å². The average molecular weight is 865 g/mol. The molecule has 0 amide bonds. The summed E-state index contributed by atoms with van der Waals surface area (Å²) in [6, 6.07) is 97.6. The third kappa shape index (κ3) is 6.57. The smallest absolute Gasteiger partial charge is 0.0619 e. The van der Waals surface area contributed by atoms with Gasteiger partial charge in [-0.05, 0) is 126 Å². The number of anilines is 3. The Kier molecular flexibility index (Phi) is 9.54. The van der Waals surface area contributed by atoms with Crippen molar-refractivity contribution in [1.82, 2.24) is 4.57 Å². The molecule has 0 bridgehead atoms. The topological polar surface area (TPSA) is 8.17 Å². The van der Waals surface area contributed by atoms with E-state index in [1.165, 1.54) is 93.1 Å². The van der Waals surface area contributed by atoms with Crippen LogP contribution >= 0.6 is 0 Å². The van der Waals surface area contributed by atoms with Crippen molar-refractivity contribution in [2.24, 2.45) is 0 Å². The van der Waals surface area contributed by atoms with Gasteiger partial charge in [-0.15, -0.1) is 0 Å². The molecule has 12 aromatic carbocycles. The molecule has 0 aliphatic heterocycles. The molecule has 0 radical (unpaired) electrons. The molecular weight excluding hydrogens is 821 g/mol. The van der Waals surface area contributed by atoms with Gasteiger partial charge in [-0.1, -0.05) is 212 Å². The number of nitrogens with zero attached hydrogens (tertiary/aromatic N) is 2. The molecule has 68 heavy (non-hydrogen) atoms. The van der Waals surface area contributed by atoms with E-state index in [-0.39, 0.29) is 0 Å². The van der Waals surface area contributed by atoms with Crippen molar-refractivity contribution in [1.29, 1.82) is 0 Å². The number of hydrogen-bond acceptors (Lipinski definition) is 1. The van der Waals surface area contributed by atoms with Gasteiger partial charge in [-0.25, -0.2) is 0 Å². The first-order valence-electron chi connectivity index (χ1n) is 23.4. The minimum Gasteiger partial charge on any atom is -0.310 e. The molecule has 318 valence electrons. The predicted molar refractivity (Wildman–Crippen MR) is 290 cm³/mol. The number of rotatable bonds is 8. The Morgan fingerprint density at radius 2 is 0.779 bits per heavy atom. The minimum absolute atomic E-state index is 1.07. The lowest BCUT2D eigenvalue weighted by molar-refractivity contribution is 1.18. The largest absolute Gasteiger partial charge is 0.310 e. The number of aromatic nitrogens is 1. The minimum atomic E-state index is 1.07. The average Bonchev–Trinajstić information content (AvgIpc) is 3.76. The van der Waals surface area contributed by atoms with Crippen LogP contribution in [0.25, 0.3) is 104 Å². The third-order valence-corrected chi connectivity index (χ3v) is 13.7. The molecule has 13 rings (SSSR count). The lowest BCUT2D eigenvalue weighted by Crippen LogP contribution is -2.10. The molecule has 0 spiro atoms. The highest BCUT2D eigenvalue weighted by molar-refractivity contribution is 6.22. The molecule has 1 heterocycles. The van der Waals surface area contributed by atoms with Gasteiger partial charge in [0.05, 0.1) is 11.0 Å². The zero-order valence-electron chi connectivity index (χ0n) is 37.3. The molecule has 0 N–H and O–H groups in total. The van der Waals surface area contributed by atoms with Crippen molar-refractivity contribution in [2.45, 2.75) is 0 Å². The maximum Gasteiger partial charge on any atom is 0.0619 e. The first kappa shape index (κ1) is 39.4. The van der Waals surface area contributed by atoms with E-state index in [4.69, 9.17) is 0 Å². The fourth-order valence-electron chi connectivity index (χ4n) is 10.8. The summed E-state index contributed by atoms with van der Waals surface area (Å²) in [5.41, 5.74) is 16.4. The molecule has 0 atom stereocenters. The van der Waals surface area contributed by atoms with Gasteiger partial charge in [-0.2, -0.15) is 0 Å². The van der Waals surface area contributed by atoms with E-state index in [9.17, 15) is 0 Å². The summed E-state index contributed by atoms with van der Waals surface area (Å²) in [6.07, 6.45) is 0. The Labute approximate surface area is 395 Å². The normalized spacial score (nSPS) is 11.5. The van der Waals surface area contributed by atoms with E-state index in [1.54, 1.807) is 0 Å². The van der Waals surface area contributed by atoms with Crippen LogP contribution in [-0.2, 0) is 0 Å². The van der Waals surface area contributed by atoms with Gasteiger partial charge >= 0.3 is 0 Å². The van der Waals surface area contributed by atoms with Gasteiger partial charge in [0.15, 0.2) is 0 Å². The van der Waals surface area contributed by atoms with E-state index < -0.39 is 0 Å². The van der Waals surface area contributed by atoms with Crippen molar-refractivity contribution < 1.29 is 0 Å². The number of benzene rings is 12. The zero-order valence-corrected chi connectivity index (χ0v) is 37.3. The van der Waals surface area contributed by atoms with Crippen molar-refractivity contribution in [3.05, 3.63) is 267 Å². The van der Waals surface area contributed by atoms with Crippen LogP contribution in [-0.4, -0.2) is 4.57 Å². The number of hydrogen-bond donors (Lipinski definition) is 0. The molecule has 1 aromatic heterocycles. The Balaban J connectivity index is 1.06. The standard InChI is InChI=1S/C66H44N2/c1-4-20-47(21-5-1)64-60-32-13-12-30-57(60)58-42-41-53(44-62(58)65(64)48-22-6-2-7-23-48)67(51-39-37-46(38-40-51)55-33-17-24-45-19-10-11-29-54(45)55)52-28-16-25-49(43-52)56-34-18-35-61-59-31-14-15-36-63(59)68(66(56)61)50-26-8-3-9-27-50/h1-44H. The van der Waals surface area contributed by atoms with Crippen LogP contribution < -0.4 is 4.90 Å². The molecule has 13 aromatic rings. The first-order chi connectivity index (χ1) is 33.8. The molecule has 0 aliphatic rings. The van der Waals surface area contributed by atoms with Crippen molar-refractivity contribution in [3.63, 3.8) is 0 Å². The van der Waals surface area contributed by atoms with Crippen LogP contribution in [0.5, 0.6) is 0 Å². The Hall–Kier alpha value is -8.98. The fourth-order valence-corrected chi connectivity index (χ4v) is 10.8. The number of para-hydroxylation sites is 3. The van der Waals surface area contributed by atoms with Gasteiger partial charge in [0.2, 0.25) is 0 Å². The van der Waals surface area contributed by atoms with Gasteiger partial charge in [0.1, 0.15) is 0 Å². The van der Waals surface area contributed by atoms with Crippen LogP contribution in [0, 0.1) is 0 Å². The van der Waals surface area contributed by atoms with Crippen LogP contribution in [0.1, 0.15) is 0 Å². The fraction of sp³-hybridized carbons (Fsp3) is 0. The summed E-state index contributed by atoms with van der Waals surface area (Å²) >= 11 is 0. The van der Waals surface area contributed by atoms with Gasteiger partial charge in [-0.3, -0.25) is 0 Å². The summed E-state index contributed by atoms with van der Waals surface area (Å²) in [6.45, 7) is 0. The summed E-state index contributed by atoms with van der Waals surface area (Å²) in [5, 5.41) is 9.87. The summed E-state index contributed by atoms with van der Waals surface area (Å²) in [7, 11) is 0. The highest BCUT2D eigenvalue weighted by atomic mass is 15.1. The quantitative estimate of drug-likeness (QED) is 0.138. The van der Waals surface area contributed by atoms with Crippen LogP contribution in [0.2, 0.25) is 0 Å². The second-order valence-corrected chi connectivity index (χ2v) is 17.6. The van der Waals surface area contributed by atoms with Crippen LogP contribution in [0.15, 0.2) is 267 Å². The van der Waals surface area contributed by atoms with E-state index >= 15 is 0 Å². The van der Waals surface area contributed by atoms with E-state index in [0.29, 0.717) is 0 Å². The van der Waals surface area contributed by atoms with Crippen molar-refractivity contribution in [3.8, 4) is 50.2 Å². The monoisotopic (exact) mass is 864 g/mol. The van der Waals surface area contributed by atoms with Gasteiger partial charge < -0.3 is 9.47 Å². The third-order valence-electron chi connectivity index (χ3n) is 13.7. The number of fused-ring (bicyclic) bond motifs is 7. The lowest BCUT2D eigenvalue weighted by atomic mass is 9.85. The molecular formula is C66H44N2.